The number of carbonyl (C=O) groups is 1. The molecule has 2 aromatic carbocycles. The third-order valence-electron chi connectivity index (χ3n) is 2.56. The minimum atomic E-state index is -2.99. The highest BCUT2D eigenvalue weighted by atomic mass is 35.5. The number of hydrogen-bond donors (Lipinski definition) is 2. The number of para-hydroxylation sites is 2. The molecule has 0 radical (unpaired) electrons. The van der Waals surface area contributed by atoms with Crippen molar-refractivity contribution in [3.8, 4) is 11.5 Å². The van der Waals surface area contributed by atoms with Crippen LogP contribution in [0.25, 0.3) is 0 Å². The Morgan fingerprint density at radius 3 is 2.62 bits per heavy atom. The number of halogens is 3. The first-order chi connectivity index (χ1) is 9.97. The van der Waals surface area contributed by atoms with E-state index in [0.717, 1.165) is 0 Å². The summed E-state index contributed by atoms with van der Waals surface area (Å²) in [7, 11) is 0. The second-order valence-electron chi connectivity index (χ2n) is 3.99. The normalized spacial score (nSPS) is 10.5. The summed E-state index contributed by atoms with van der Waals surface area (Å²) >= 11 is 5.71. The van der Waals surface area contributed by atoms with Gasteiger partial charge >= 0.3 is 6.61 Å². The summed E-state index contributed by atoms with van der Waals surface area (Å²) in [6.45, 7) is -2.99. The van der Waals surface area contributed by atoms with E-state index in [4.69, 9.17) is 11.6 Å². The van der Waals surface area contributed by atoms with Crippen molar-refractivity contribution in [1.82, 2.24) is 0 Å². The van der Waals surface area contributed by atoms with E-state index in [0.29, 0.717) is 0 Å². The number of anilines is 1. The van der Waals surface area contributed by atoms with Crippen LogP contribution in [0.15, 0.2) is 42.5 Å². The minimum absolute atomic E-state index is 0.0137. The number of amides is 1. The zero-order valence-corrected chi connectivity index (χ0v) is 11.3. The monoisotopic (exact) mass is 313 g/mol. The van der Waals surface area contributed by atoms with Crippen LogP contribution in [0.4, 0.5) is 14.5 Å². The molecule has 7 heteroatoms. The van der Waals surface area contributed by atoms with E-state index >= 15 is 0 Å². The van der Waals surface area contributed by atoms with Crippen molar-refractivity contribution < 1.29 is 23.4 Å². The maximum atomic E-state index is 12.3. The van der Waals surface area contributed by atoms with Crippen LogP contribution in [-0.2, 0) is 0 Å². The smallest absolute Gasteiger partial charge is 0.387 e. The fourth-order valence-electron chi connectivity index (χ4n) is 1.61. The number of phenolic OH excluding ortho intramolecular Hbond substituents is 1. The fourth-order valence-corrected chi connectivity index (χ4v) is 1.79. The molecule has 0 aliphatic carbocycles. The van der Waals surface area contributed by atoms with Gasteiger partial charge in [-0.2, -0.15) is 8.78 Å². The number of ether oxygens (including phenoxy) is 1. The Labute approximate surface area is 123 Å². The van der Waals surface area contributed by atoms with Crippen LogP contribution in [0.1, 0.15) is 10.4 Å². The number of alkyl halides is 2. The van der Waals surface area contributed by atoms with Crippen molar-refractivity contribution in [1.29, 1.82) is 0 Å². The summed E-state index contributed by atoms with van der Waals surface area (Å²) in [6.07, 6.45) is 0. The molecule has 2 aromatic rings. The lowest BCUT2D eigenvalue weighted by molar-refractivity contribution is -0.0493. The van der Waals surface area contributed by atoms with Gasteiger partial charge < -0.3 is 15.2 Å². The molecule has 21 heavy (non-hydrogen) atoms. The molecular weight excluding hydrogens is 304 g/mol. The molecule has 4 nitrogen and oxygen atoms in total. The molecule has 0 heterocycles. The Hall–Kier alpha value is -2.34. The van der Waals surface area contributed by atoms with Gasteiger partial charge in [-0.3, -0.25) is 4.79 Å². The van der Waals surface area contributed by atoms with Gasteiger partial charge in [0.15, 0.2) is 0 Å². The van der Waals surface area contributed by atoms with Crippen LogP contribution >= 0.6 is 11.6 Å². The molecule has 0 aromatic heterocycles. The van der Waals surface area contributed by atoms with Gasteiger partial charge in [0.2, 0.25) is 0 Å². The number of rotatable bonds is 4. The van der Waals surface area contributed by atoms with Gasteiger partial charge in [0, 0.05) is 5.56 Å². The molecule has 0 atom stereocenters. The minimum Gasteiger partial charge on any atom is -0.506 e. The number of carbonyl (C=O) groups excluding carboxylic acids is 1. The summed E-state index contributed by atoms with van der Waals surface area (Å²) < 4.78 is 28.9. The van der Waals surface area contributed by atoms with Crippen molar-refractivity contribution in [3.63, 3.8) is 0 Å². The molecule has 0 spiro atoms. The van der Waals surface area contributed by atoms with Crippen LogP contribution < -0.4 is 10.1 Å². The molecular formula is C14H10ClF2NO3. The van der Waals surface area contributed by atoms with E-state index in [1.165, 1.54) is 36.4 Å². The van der Waals surface area contributed by atoms with Crippen molar-refractivity contribution in [2.75, 3.05) is 5.32 Å². The van der Waals surface area contributed by atoms with Crippen LogP contribution in [0.5, 0.6) is 11.5 Å². The first-order valence-electron chi connectivity index (χ1n) is 5.81. The van der Waals surface area contributed by atoms with E-state index in [1.54, 1.807) is 6.07 Å². The van der Waals surface area contributed by atoms with Gasteiger partial charge in [-0.15, -0.1) is 0 Å². The van der Waals surface area contributed by atoms with E-state index in [9.17, 15) is 18.7 Å². The molecule has 0 bridgehead atoms. The lowest BCUT2D eigenvalue weighted by Crippen LogP contribution is -2.13. The third-order valence-corrected chi connectivity index (χ3v) is 2.86. The highest BCUT2D eigenvalue weighted by molar-refractivity contribution is 6.32. The number of benzene rings is 2. The molecule has 0 saturated carbocycles. The first-order valence-corrected chi connectivity index (χ1v) is 6.19. The maximum absolute atomic E-state index is 12.3. The molecule has 0 aliphatic rings. The highest BCUT2D eigenvalue weighted by Crippen LogP contribution is 2.27. The Morgan fingerprint density at radius 1 is 1.24 bits per heavy atom. The summed E-state index contributed by atoms with van der Waals surface area (Å²) in [6, 6.07) is 9.69. The molecule has 0 unspecified atom stereocenters. The molecule has 110 valence electrons. The quantitative estimate of drug-likeness (QED) is 0.900. The Balaban J connectivity index is 2.21. The summed E-state index contributed by atoms with van der Waals surface area (Å²) in [4.78, 5) is 12.0. The number of aromatic hydroxyl groups is 1. The van der Waals surface area contributed by atoms with Crippen LogP contribution in [0, 0.1) is 0 Å². The van der Waals surface area contributed by atoms with Gasteiger partial charge in [0.05, 0.1) is 10.7 Å². The molecule has 2 N–H and O–H groups in total. The fraction of sp³-hybridized carbons (Fsp3) is 0.0714. The van der Waals surface area contributed by atoms with E-state index in [1.807, 2.05) is 0 Å². The molecule has 0 saturated heterocycles. The lowest BCUT2D eigenvalue weighted by atomic mass is 10.2. The Kier molecular flexibility index (Phi) is 4.59. The average molecular weight is 314 g/mol. The van der Waals surface area contributed by atoms with Gasteiger partial charge in [-0.05, 0) is 30.3 Å². The number of phenols is 1. The zero-order valence-electron chi connectivity index (χ0n) is 10.5. The standard InChI is InChI=1S/C14H10ClF2NO3/c15-9-7-8(5-6-11(9)19)13(20)18-10-3-1-2-4-12(10)21-14(16)17/h1-7,14,19H,(H,18,20). The topological polar surface area (TPSA) is 58.6 Å². The van der Waals surface area contributed by atoms with E-state index < -0.39 is 12.5 Å². The maximum Gasteiger partial charge on any atom is 0.387 e. The third kappa shape index (κ3) is 3.82. The second kappa shape index (κ2) is 6.41. The van der Waals surface area contributed by atoms with Crippen molar-refractivity contribution in [2.24, 2.45) is 0 Å². The Bertz CT molecular complexity index is 664. The summed E-state index contributed by atoms with van der Waals surface area (Å²) in [5.74, 6) is -0.873. The molecule has 1 amide bonds. The Morgan fingerprint density at radius 2 is 1.95 bits per heavy atom. The molecule has 0 aliphatic heterocycles. The largest absolute Gasteiger partial charge is 0.506 e. The number of hydrogen-bond acceptors (Lipinski definition) is 3. The first kappa shape index (κ1) is 15.1. The highest BCUT2D eigenvalue weighted by Gasteiger charge is 2.13. The van der Waals surface area contributed by atoms with Crippen molar-refractivity contribution >= 4 is 23.2 Å². The second-order valence-corrected chi connectivity index (χ2v) is 4.40. The van der Waals surface area contributed by atoms with Crippen molar-refractivity contribution in [2.45, 2.75) is 6.61 Å². The van der Waals surface area contributed by atoms with E-state index in [-0.39, 0.29) is 27.8 Å². The van der Waals surface area contributed by atoms with Gasteiger partial charge in [0.25, 0.3) is 5.91 Å². The van der Waals surface area contributed by atoms with Crippen LogP contribution in [-0.4, -0.2) is 17.6 Å². The van der Waals surface area contributed by atoms with Gasteiger partial charge in [0.1, 0.15) is 11.5 Å². The predicted octanol–water partition coefficient (Wildman–Crippen LogP) is 3.90. The van der Waals surface area contributed by atoms with Gasteiger partial charge in [-0.1, -0.05) is 23.7 Å². The zero-order chi connectivity index (χ0) is 15.4. The van der Waals surface area contributed by atoms with Crippen molar-refractivity contribution in [3.05, 3.63) is 53.1 Å². The van der Waals surface area contributed by atoms with Crippen LogP contribution in [0.3, 0.4) is 0 Å². The summed E-state index contributed by atoms with van der Waals surface area (Å²) in [5, 5.41) is 11.7. The predicted molar refractivity (Wildman–Crippen MR) is 74.1 cm³/mol. The SMILES string of the molecule is O=C(Nc1ccccc1OC(F)F)c1ccc(O)c(Cl)c1. The molecule has 2 rings (SSSR count). The molecule has 0 fully saturated rings. The number of nitrogens with one attached hydrogen (secondary N) is 1. The van der Waals surface area contributed by atoms with Gasteiger partial charge in [-0.25, -0.2) is 0 Å². The summed E-state index contributed by atoms with van der Waals surface area (Å²) in [5.41, 5.74) is 0.275. The van der Waals surface area contributed by atoms with Crippen LogP contribution in [0.2, 0.25) is 5.02 Å². The lowest BCUT2D eigenvalue weighted by Gasteiger charge is -2.11. The average Bonchev–Trinajstić information content (AvgIpc) is 2.43. The van der Waals surface area contributed by atoms with E-state index in [2.05, 4.69) is 10.1 Å².